The molecule has 0 amide bonds. The standard InChI is InChI=1S/C36H27ClF3N3O3/c1-20(44)21-6-9-30-31(16-21)43(19-36(10-11-36)12-13-41)33(42-30)18-25-27(38)14-22(15-28(25)39)24-4-3-5-32-34(24)46-35(2,45-32)26-8-7-23(37)17-29(26)40/h3-9,14-17H,10-12,18-19H2,1-2H3. The van der Waals surface area contributed by atoms with Gasteiger partial charge in [0.25, 0.3) is 5.79 Å². The quantitative estimate of drug-likeness (QED) is 0.158. The number of imidazole rings is 1. The summed E-state index contributed by atoms with van der Waals surface area (Å²) in [6.07, 6.45) is 1.93. The van der Waals surface area contributed by atoms with Gasteiger partial charge in [-0.2, -0.15) is 5.26 Å². The minimum atomic E-state index is -1.53. The van der Waals surface area contributed by atoms with Crippen molar-refractivity contribution in [1.82, 2.24) is 9.55 Å². The maximum Gasteiger partial charge on any atom is 0.278 e. The molecule has 0 radical (unpaired) electrons. The number of hydrogen-bond acceptors (Lipinski definition) is 5. The van der Waals surface area contributed by atoms with Gasteiger partial charge in [-0.25, -0.2) is 18.2 Å². The second kappa shape index (κ2) is 10.9. The number of halogens is 4. The third kappa shape index (κ3) is 5.17. The van der Waals surface area contributed by atoms with E-state index in [1.54, 1.807) is 43.3 Å². The van der Waals surface area contributed by atoms with Crippen LogP contribution in [0.5, 0.6) is 11.5 Å². The molecule has 5 aromatic rings. The molecule has 0 N–H and O–H groups in total. The van der Waals surface area contributed by atoms with Gasteiger partial charge >= 0.3 is 0 Å². The van der Waals surface area contributed by atoms with E-state index < -0.39 is 23.2 Å². The molecule has 0 saturated heterocycles. The summed E-state index contributed by atoms with van der Waals surface area (Å²) < 4.78 is 60.6. The van der Waals surface area contributed by atoms with Crippen molar-refractivity contribution in [2.45, 2.75) is 51.9 Å². The lowest BCUT2D eigenvalue weighted by Gasteiger charge is -2.24. The second-order valence-corrected chi connectivity index (χ2v) is 12.6. The van der Waals surface area contributed by atoms with Crippen molar-refractivity contribution < 1.29 is 27.4 Å². The number of rotatable bonds is 8. The van der Waals surface area contributed by atoms with E-state index in [9.17, 15) is 14.4 Å². The van der Waals surface area contributed by atoms with Crippen LogP contribution in [0.15, 0.2) is 66.7 Å². The van der Waals surface area contributed by atoms with Crippen molar-refractivity contribution >= 4 is 28.4 Å². The molecule has 1 fully saturated rings. The van der Waals surface area contributed by atoms with Gasteiger partial charge in [0.15, 0.2) is 17.3 Å². The zero-order chi connectivity index (χ0) is 32.4. The van der Waals surface area contributed by atoms with Crippen molar-refractivity contribution in [2.24, 2.45) is 5.41 Å². The van der Waals surface area contributed by atoms with Crippen LogP contribution in [0.4, 0.5) is 13.2 Å². The predicted octanol–water partition coefficient (Wildman–Crippen LogP) is 8.91. The molecular weight excluding hydrogens is 615 g/mol. The van der Waals surface area contributed by atoms with Crippen LogP contribution in [0.1, 0.15) is 60.4 Å². The van der Waals surface area contributed by atoms with Crippen LogP contribution in [0, 0.1) is 34.2 Å². The van der Waals surface area contributed by atoms with Crippen LogP contribution in [-0.2, 0) is 18.8 Å². The summed E-state index contributed by atoms with van der Waals surface area (Å²) in [6, 6.07) is 19.0. The molecule has 10 heteroatoms. The maximum absolute atomic E-state index is 15.9. The van der Waals surface area contributed by atoms with E-state index in [-0.39, 0.29) is 45.1 Å². The number of benzene rings is 4. The van der Waals surface area contributed by atoms with Gasteiger partial charge in [0.1, 0.15) is 23.3 Å². The first-order valence-electron chi connectivity index (χ1n) is 14.8. The molecule has 1 atom stereocenters. The molecule has 1 unspecified atom stereocenters. The zero-order valence-electron chi connectivity index (χ0n) is 25.0. The Kier molecular flexibility index (Phi) is 7.09. The van der Waals surface area contributed by atoms with E-state index in [1.807, 2.05) is 4.57 Å². The van der Waals surface area contributed by atoms with Crippen molar-refractivity contribution in [2.75, 3.05) is 0 Å². The van der Waals surface area contributed by atoms with Crippen LogP contribution in [0.25, 0.3) is 22.2 Å². The van der Waals surface area contributed by atoms with Gasteiger partial charge in [-0.15, -0.1) is 0 Å². The Labute approximate surface area is 268 Å². The second-order valence-electron chi connectivity index (χ2n) is 12.2. The molecule has 2 heterocycles. The maximum atomic E-state index is 15.9. The molecular formula is C36H27ClF3N3O3. The van der Waals surface area contributed by atoms with E-state index in [4.69, 9.17) is 26.1 Å². The summed E-state index contributed by atoms with van der Waals surface area (Å²) in [6.45, 7) is 3.49. The van der Waals surface area contributed by atoms with Crippen molar-refractivity contribution in [1.29, 1.82) is 5.26 Å². The van der Waals surface area contributed by atoms with Gasteiger partial charge < -0.3 is 14.0 Å². The number of hydrogen-bond donors (Lipinski definition) is 0. The minimum Gasteiger partial charge on any atom is -0.444 e. The highest BCUT2D eigenvalue weighted by Gasteiger charge is 2.44. The fourth-order valence-electron chi connectivity index (χ4n) is 6.18. The van der Waals surface area contributed by atoms with Crippen LogP contribution >= 0.6 is 11.6 Å². The van der Waals surface area contributed by atoms with E-state index in [0.717, 1.165) is 18.9 Å². The summed E-state index contributed by atoms with van der Waals surface area (Å²) in [4.78, 5) is 16.8. The molecule has 1 aliphatic heterocycles. The first-order valence-corrected chi connectivity index (χ1v) is 15.2. The summed E-state index contributed by atoms with van der Waals surface area (Å²) in [7, 11) is 0. The Morgan fingerprint density at radius 2 is 1.78 bits per heavy atom. The van der Waals surface area contributed by atoms with E-state index in [2.05, 4.69) is 6.07 Å². The Morgan fingerprint density at radius 1 is 1.02 bits per heavy atom. The number of fused-ring (bicyclic) bond motifs is 2. The zero-order valence-corrected chi connectivity index (χ0v) is 25.7. The number of ketones is 1. The highest BCUT2D eigenvalue weighted by atomic mass is 35.5. The lowest BCUT2D eigenvalue weighted by Crippen LogP contribution is -2.32. The SMILES string of the molecule is CC(=O)c1ccc2nc(Cc3c(F)cc(-c4cccc5c4OC(C)(c4ccc(Cl)cc4F)O5)cc3F)n(CC3(CC#N)CC3)c2c1. The van der Waals surface area contributed by atoms with E-state index in [1.165, 1.54) is 31.2 Å². The predicted molar refractivity (Wildman–Crippen MR) is 166 cm³/mol. The smallest absolute Gasteiger partial charge is 0.278 e. The summed E-state index contributed by atoms with van der Waals surface area (Å²) in [5.41, 5.74) is 2.08. The van der Waals surface area contributed by atoms with Gasteiger partial charge in [-0.1, -0.05) is 23.7 Å². The van der Waals surface area contributed by atoms with Crippen LogP contribution in [-0.4, -0.2) is 15.3 Å². The molecule has 7 rings (SSSR count). The minimum absolute atomic E-state index is 0.109. The third-order valence-corrected chi connectivity index (χ3v) is 9.16. The number of carbonyl (C=O) groups is 1. The molecule has 1 aliphatic carbocycles. The highest BCUT2D eigenvalue weighted by Crippen LogP contribution is 2.51. The Hall–Kier alpha value is -4.81. The average Bonchev–Trinajstić information content (AvgIpc) is 3.54. The molecule has 4 aromatic carbocycles. The number of aromatic nitrogens is 2. The van der Waals surface area contributed by atoms with Crippen molar-refractivity contribution in [3.8, 4) is 28.7 Å². The molecule has 6 nitrogen and oxygen atoms in total. The van der Waals surface area contributed by atoms with Crippen LogP contribution in [0.2, 0.25) is 5.02 Å². The highest BCUT2D eigenvalue weighted by molar-refractivity contribution is 6.30. The largest absolute Gasteiger partial charge is 0.444 e. The number of ether oxygens (including phenoxy) is 2. The number of nitrogens with zero attached hydrogens (tertiary/aromatic N) is 3. The fraction of sp³-hybridized carbons (Fsp3) is 0.250. The number of carbonyl (C=O) groups excluding carboxylic acids is 1. The molecule has 1 aromatic heterocycles. The van der Waals surface area contributed by atoms with E-state index >= 15 is 8.78 Å². The normalized spacial score (nSPS) is 17.7. The number of nitriles is 1. The molecule has 232 valence electrons. The van der Waals surface area contributed by atoms with Crippen LogP contribution < -0.4 is 9.47 Å². The van der Waals surface area contributed by atoms with Crippen LogP contribution in [0.3, 0.4) is 0 Å². The molecule has 0 spiro atoms. The molecule has 0 bridgehead atoms. The molecule has 2 aliphatic rings. The van der Waals surface area contributed by atoms with Gasteiger partial charge in [0, 0.05) is 53.4 Å². The first-order chi connectivity index (χ1) is 22.0. The topological polar surface area (TPSA) is 77.1 Å². The van der Waals surface area contributed by atoms with Gasteiger partial charge in [-0.3, -0.25) is 4.79 Å². The van der Waals surface area contributed by atoms with Gasteiger partial charge in [-0.05, 0) is 79.9 Å². The Balaban J connectivity index is 1.24. The summed E-state index contributed by atoms with van der Waals surface area (Å²) in [5.74, 6) is -2.86. The van der Waals surface area contributed by atoms with Gasteiger partial charge in [0.2, 0.25) is 0 Å². The number of para-hydroxylation sites is 1. The van der Waals surface area contributed by atoms with E-state index in [0.29, 0.717) is 46.7 Å². The monoisotopic (exact) mass is 641 g/mol. The lowest BCUT2D eigenvalue weighted by molar-refractivity contribution is -0.0705. The molecule has 1 saturated carbocycles. The number of Topliss-reactive ketones (excluding diaryl/α,β-unsaturated/α-hetero) is 1. The third-order valence-electron chi connectivity index (χ3n) is 8.93. The fourth-order valence-corrected chi connectivity index (χ4v) is 6.34. The van der Waals surface area contributed by atoms with Crippen molar-refractivity contribution in [3.63, 3.8) is 0 Å². The van der Waals surface area contributed by atoms with Crippen molar-refractivity contribution in [3.05, 3.63) is 112 Å². The lowest BCUT2D eigenvalue weighted by atomic mass is 9.99. The van der Waals surface area contributed by atoms with Gasteiger partial charge in [0.05, 0.1) is 22.7 Å². The first kappa shape index (κ1) is 29.9. The Bertz CT molecular complexity index is 2090. The Morgan fingerprint density at radius 3 is 2.46 bits per heavy atom. The average molecular weight is 642 g/mol. The molecule has 46 heavy (non-hydrogen) atoms. The summed E-state index contributed by atoms with van der Waals surface area (Å²) >= 11 is 5.93. The summed E-state index contributed by atoms with van der Waals surface area (Å²) in [5, 5.41) is 9.63.